The van der Waals surface area contributed by atoms with Crippen LogP contribution in [0.3, 0.4) is 0 Å². The quantitative estimate of drug-likeness (QED) is 0.271. The molecule has 0 aliphatic rings. The average molecular weight is 404 g/mol. The maximum Gasteiger partial charge on any atom is 0.0286 e. The van der Waals surface area contributed by atoms with Crippen molar-refractivity contribution >= 4 is 31.9 Å². The monoisotopic (exact) mass is 402 g/mol. The van der Waals surface area contributed by atoms with Gasteiger partial charge in [-0.05, 0) is 29.5 Å². The molecule has 0 fully saturated rings. The van der Waals surface area contributed by atoms with Crippen molar-refractivity contribution in [2.24, 2.45) is 0 Å². The molecule has 114 valence electrons. The fourth-order valence-corrected chi connectivity index (χ4v) is 3.62. The molecule has 0 radical (unpaired) electrons. The van der Waals surface area contributed by atoms with Gasteiger partial charge < -0.3 is 0 Å². The molecular weight excluding hydrogens is 376 g/mol. The van der Waals surface area contributed by atoms with Crippen LogP contribution in [0.2, 0.25) is 0 Å². The summed E-state index contributed by atoms with van der Waals surface area (Å²) in [6.07, 6.45) is 12.4. The molecule has 0 saturated carbocycles. The van der Waals surface area contributed by atoms with Gasteiger partial charge in [-0.2, -0.15) is 0 Å². The third kappa shape index (κ3) is 7.26. The molecule has 0 aliphatic heterocycles. The van der Waals surface area contributed by atoms with Crippen LogP contribution in [0.1, 0.15) is 75.0 Å². The van der Waals surface area contributed by atoms with E-state index in [1.807, 2.05) is 0 Å². The summed E-state index contributed by atoms with van der Waals surface area (Å²) in [5.41, 5.74) is 4.33. The molecule has 0 aliphatic carbocycles. The molecule has 0 saturated heterocycles. The summed E-state index contributed by atoms with van der Waals surface area (Å²) in [5.74, 6) is 0. The van der Waals surface area contributed by atoms with Crippen LogP contribution in [0.5, 0.6) is 0 Å². The van der Waals surface area contributed by atoms with Gasteiger partial charge in [0.05, 0.1) is 0 Å². The number of hydrogen-bond donors (Lipinski definition) is 0. The van der Waals surface area contributed by atoms with Gasteiger partial charge in [-0.15, -0.1) is 0 Å². The number of rotatable bonds is 11. The first kappa shape index (κ1) is 18.2. The van der Waals surface area contributed by atoms with E-state index in [4.69, 9.17) is 0 Å². The van der Waals surface area contributed by atoms with Crippen molar-refractivity contribution in [2.45, 2.75) is 75.4 Å². The van der Waals surface area contributed by atoms with E-state index in [1.54, 1.807) is 0 Å². The van der Waals surface area contributed by atoms with E-state index < -0.39 is 0 Å². The van der Waals surface area contributed by atoms with E-state index in [0.29, 0.717) is 0 Å². The molecule has 0 unspecified atom stereocenters. The standard InChI is InChI=1S/C18H28Br2/c1-2-3-4-5-6-7-8-9-10-16-11-12-17(14-19)18(13-16)15-20/h11-13H,2-10,14-15H2,1H3. The van der Waals surface area contributed by atoms with Crippen LogP contribution >= 0.6 is 31.9 Å². The molecule has 0 heterocycles. The zero-order valence-electron chi connectivity index (χ0n) is 12.8. The van der Waals surface area contributed by atoms with Crippen LogP contribution in [0.4, 0.5) is 0 Å². The van der Waals surface area contributed by atoms with E-state index in [2.05, 4.69) is 57.0 Å². The molecule has 1 aromatic rings. The molecule has 0 bridgehead atoms. The maximum absolute atomic E-state index is 3.59. The minimum atomic E-state index is 0.950. The van der Waals surface area contributed by atoms with E-state index >= 15 is 0 Å². The first-order chi connectivity index (χ1) is 9.81. The lowest BCUT2D eigenvalue weighted by atomic mass is 10.0. The highest BCUT2D eigenvalue weighted by Crippen LogP contribution is 2.19. The van der Waals surface area contributed by atoms with Gasteiger partial charge in [0, 0.05) is 10.7 Å². The van der Waals surface area contributed by atoms with Crippen molar-refractivity contribution in [1.29, 1.82) is 0 Å². The first-order valence-corrected chi connectivity index (χ1v) is 10.3. The Morgan fingerprint density at radius 1 is 0.750 bits per heavy atom. The lowest BCUT2D eigenvalue weighted by Gasteiger charge is -2.08. The van der Waals surface area contributed by atoms with Gasteiger partial charge in [0.25, 0.3) is 0 Å². The zero-order valence-corrected chi connectivity index (χ0v) is 15.9. The lowest BCUT2D eigenvalue weighted by Crippen LogP contribution is -1.93. The van der Waals surface area contributed by atoms with Crippen molar-refractivity contribution in [1.82, 2.24) is 0 Å². The number of aryl methyl sites for hydroxylation is 1. The fraction of sp³-hybridized carbons (Fsp3) is 0.667. The first-order valence-electron chi connectivity index (χ1n) is 8.04. The molecule has 1 rings (SSSR count). The molecule has 0 aromatic heterocycles. The molecular formula is C18H28Br2. The summed E-state index contributed by atoms with van der Waals surface area (Å²) in [5, 5.41) is 1.91. The highest BCUT2D eigenvalue weighted by Gasteiger charge is 2.02. The van der Waals surface area contributed by atoms with Crippen molar-refractivity contribution in [3.05, 3.63) is 34.9 Å². The molecule has 0 N–H and O–H groups in total. The summed E-state index contributed by atoms with van der Waals surface area (Å²) >= 11 is 7.14. The van der Waals surface area contributed by atoms with Crippen LogP contribution in [-0.2, 0) is 17.1 Å². The SMILES string of the molecule is CCCCCCCCCCc1ccc(CBr)c(CBr)c1. The smallest absolute Gasteiger partial charge is 0.0286 e. The van der Waals surface area contributed by atoms with Gasteiger partial charge >= 0.3 is 0 Å². The highest BCUT2D eigenvalue weighted by atomic mass is 79.9. The molecule has 20 heavy (non-hydrogen) atoms. The highest BCUT2D eigenvalue weighted by molar-refractivity contribution is 9.09. The van der Waals surface area contributed by atoms with Crippen LogP contribution in [0.15, 0.2) is 18.2 Å². The predicted molar refractivity (Wildman–Crippen MR) is 98.0 cm³/mol. The Balaban J connectivity index is 2.18. The lowest BCUT2D eigenvalue weighted by molar-refractivity contribution is 0.575. The van der Waals surface area contributed by atoms with Crippen LogP contribution in [-0.4, -0.2) is 0 Å². The van der Waals surface area contributed by atoms with Gasteiger partial charge in [0.1, 0.15) is 0 Å². The van der Waals surface area contributed by atoms with Crippen LogP contribution in [0.25, 0.3) is 0 Å². The minimum absolute atomic E-state index is 0.950. The number of benzene rings is 1. The Morgan fingerprint density at radius 3 is 1.95 bits per heavy atom. The summed E-state index contributed by atoms with van der Waals surface area (Å²) < 4.78 is 0. The number of halogens is 2. The molecule has 1 aromatic carbocycles. The van der Waals surface area contributed by atoms with Gasteiger partial charge in [0.15, 0.2) is 0 Å². The van der Waals surface area contributed by atoms with Gasteiger partial charge in [-0.3, -0.25) is 0 Å². The second-order valence-corrected chi connectivity index (χ2v) is 6.72. The Kier molecular flexibility index (Phi) is 10.8. The van der Waals surface area contributed by atoms with E-state index in [9.17, 15) is 0 Å². The largest absolute Gasteiger partial charge is 0.0876 e. The number of unbranched alkanes of at least 4 members (excludes halogenated alkanes) is 7. The molecule has 0 spiro atoms. The van der Waals surface area contributed by atoms with Crippen LogP contribution < -0.4 is 0 Å². The van der Waals surface area contributed by atoms with E-state index in [0.717, 1.165) is 10.7 Å². The second kappa shape index (κ2) is 11.8. The fourth-order valence-electron chi connectivity index (χ4n) is 2.55. The minimum Gasteiger partial charge on any atom is -0.0876 e. The molecule has 0 nitrogen and oxygen atoms in total. The second-order valence-electron chi connectivity index (χ2n) is 5.60. The third-order valence-electron chi connectivity index (χ3n) is 3.88. The zero-order chi connectivity index (χ0) is 14.6. The summed E-state index contributed by atoms with van der Waals surface area (Å²) in [7, 11) is 0. The topological polar surface area (TPSA) is 0 Å². The van der Waals surface area contributed by atoms with Gasteiger partial charge in [-0.25, -0.2) is 0 Å². The van der Waals surface area contributed by atoms with Crippen LogP contribution in [0, 0.1) is 0 Å². The Labute approximate surface area is 142 Å². The van der Waals surface area contributed by atoms with Crippen molar-refractivity contribution in [2.75, 3.05) is 0 Å². The molecule has 2 heteroatoms. The van der Waals surface area contributed by atoms with Gasteiger partial charge in [-0.1, -0.05) is 102 Å². The molecule has 0 amide bonds. The summed E-state index contributed by atoms with van der Waals surface area (Å²) in [4.78, 5) is 0. The Morgan fingerprint density at radius 2 is 1.35 bits per heavy atom. The number of alkyl halides is 2. The number of hydrogen-bond acceptors (Lipinski definition) is 0. The normalized spacial score (nSPS) is 10.9. The van der Waals surface area contributed by atoms with Crippen molar-refractivity contribution < 1.29 is 0 Å². The summed E-state index contributed by atoms with van der Waals surface area (Å²) in [6.45, 7) is 2.28. The molecule has 0 atom stereocenters. The summed E-state index contributed by atoms with van der Waals surface area (Å²) in [6, 6.07) is 6.93. The van der Waals surface area contributed by atoms with Crippen molar-refractivity contribution in [3.63, 3.8) is 0 Å². The van der Waals surface area contributed by atoms with Crippen molar-refractivity contribution in [3.8, 4) is 0 Å². The average Bonchev–Trinajstić information content (AvgIpc) is 2.49. The van der Waals surface area contributed by atoms with E-state index in [1.165, 1.54) is 74.5 Å². The maximum atomic E-state index is 3.59. The Bertz CT molecular complexity index is 360. The van der Waals surface area contributed by atoms with E-state index in [-0.39, 0.29) is 0 Å². The predicted octanol–water partition coefficient (Wildman–Crippen LogP) is 7.16. The Hall–Kier alpha value is 0.180. The third-order valence-corrected chi connectivity index (χ3v) is 5.09. The van der Waals surface area contributed by atoms with Gasteiger partial charge in [0.2, 0.25) is 0 Å².